The first kappa shape index (κ1) is 25.6. The second-order valence-corrected chi connectivity index (χ2v) is 9.86. The van der Waals surface area contributed by atoms with Gasteiger partial charge in [0.25, 0.3) is 5.91 Å². The van der Waals surface area contributed by atoms with Crippen LogP contribution in [-0.4, -0.2) is 52.6 Å². The maximum absolute atomic E-state index is 12.9. The van der Waals surface area contributed by atoms with Crippen molar-refractivity contribution in [1.29, 1.82) is 0 Å². The Morgan fingerprint density at radius 2 is 1.89 bits per heavy atom. The van der Waals surface area contributed by atoms with E-state index in [0.29, 0.717) is 36.9 Å². The molecule has 0 spiro atoms. The lowest BCUT2D eigenvalue weighted by atomic mass is 10.0. The Kier molecular flexibility index (Phi) is 8.18. The lowest BCUT2D eigenvalue weighted by Crippen LogP contribution is -2.45. The second-order valence-electron chi connectivity index (χ2n) is 9.86. The topological polar surface area (TPSA) is 104 Å². The zero-order chi connectivity index (χ0) is 25.7. The fourth-order valence-electron chi connectivity index (χ4n) is 4.63. The molecular weight excluding hydrogens is 456 g/mol. The molecule has 2 heterocycles. The molecule has 2 atom stereocenters. The molecule has 8 heteroatoms. The highest BCUT2D eigenvalue weighted by atomic mass is 16.5. The number of aryl methyl sites for hydroxylation is 1. The van der Waals surface area contributed by atoms with Crippen molar-refractivity contribution >= 4 is 22.7 Å². The number of nitrogens with one attached hydrogen (secondary N) is 2. The van der Waals surface area contributed by atoms with Crippen LogP contribution in [0.4, 0.5) is 0 Å². The summed E-state index contributed by atoms with van der Waals surface area (Å²) in [5, 5.41) is 13.2. The normalized spacial score (nSPS) is 17.9. The number of ether oxygens (including phenoxy) is 1. The van der Waals surface area contributed by atoms with Crippen LogP contribution in [0.15, 0.2) is 54.6 Å². The van der Waals surface area contributed by atoms with Gasteiger partial charge in [-0.25, -0.2) is 5.48 Å². The largest absolute Gasteiger partial charge is 0.489 e. The number of pyridine rings is 1. The van der Waals surface area contributed by atoms with Crippen LogP contribution in [-0.2, 0) is 11.4 Å². The highest BCUT2D eigenvalue weighted by Gasteiger charge is 2.38. The third-order valence-electron chi connectivity index (χ3n) is 6.62. The number of rotatable bonds is 9. The first-order valence-electron chi connectivity index (χ1n) is 12.4. The minimum atomic E-state index is -0.507. The molecule has 2 aromatic carbocycles. The highest BCUT2D eigenvalue weighted by Crippen LogP contribution is 2.22. The zero-order valence-corrected chi connectivity index (χ0v) is 21.0. The van der Waals surface area contributed by atoms with E-state index in [-0.39, 0.29) is 11.9 Å². The van der Waals surface area contributed by atoms with E-state index in [0.717, 1.165) is 35.1 Å². The van der Waals surface area contributed by atoms with Gasteiger partial charge < -0.3 is 15.0 Å². The monoisotopic (exact) mass is 490 g/mol. The number of nitrogens with zero attached hydrogens (tertiary/aromatic N) is 2. The minimum absolute atomic E-state index is 0.260. The van der Waals surface area contributed by atoms with E-state index < -0.39 is 11.8 Å². The summed E-state index contributed by atoms with van der Waals surface area (Å²) in [7, 11) is 0. The molecule has 2 amide bonds. The van der Waals surface area contributed by atoms with Gasteiger partial charge in [-0.15, -0.1) is 0 Å². The Balaban J connectivity index is 1.38. The number of benzene rings is 2. The number of aromatic nitrogens is 1. The van der Waals surface area contributed by atoms with E-state index in [1.807, 2.05) is 37.3 Å². The molecule has 1 saturated heterocycles. The van der Waals surface area contributed by atoms with Crippen LogP contribution in [0.5, 0.6) is 5.75 Å². The number of carbonyl (C=O) groups is 2. The van der Waals surface area contributed by atoms with Crippen molar-refractivity contribution in [3.8, 4) is 5.75 Å². The number of carbonyl (C=O) groups excluding carboxylic acids is 2. The Hall–Kier alpha value is -3.49. The standard InChI is InChI=1S/C28H34N4O4/c1-18(2)12-13-32-15-24(28(34)31-35)26(16-32)30-27(33)20-8-10-22(11-9-20)36-17-21-14-19(3)29-25-7-5-4-6-23(21)25/h4-11,14,18,24,26,35H,12-13,15-17H2,1-3H3,(H,30,33)(H,31,34)/t24-,26+/m0/s1. The molecule has 0 radical (unpaired) electrons. The Bertz CT molecular complexity index is 1210. The van der Waals surface area contributed by atoms with Crippen molar-refractivity contribution in [3.63, 3.8) is 0 Å². The molecule has 1 aliphatic rings. The van der Waals surface area contributed by atoms with E-state index >= 15 is 0 Å². The van der Waals surface area contributed by atoms with E-state index in [1.165, 1.54) is 0 Å². The quantitative estimate of drug-likeness (QED) is 0.312. The molecule has 3 aromatic rings. The lowest BCUT2D eigenvalue weighted by molar-refractivity contribution is -0.133. The highest BCUT2D eigenvalue weighted by molar-refractivity contribution is 5.95. The van der Waals surface area contributed by atoms with Crippen LogP contribution >= 0.6 is 0 Å². The molecular formula is C28H34N4O4. The van der Waals surface area contributed by atoms with Gasteiger partial charge in [-0.05, 0) is 62.2 Å². The fraction of sp³-hybridized carbons (Fsp3) is 0.393. The van der Waals surface area contributed by atoms with E-state index in [9.17, 15) is 9.59 Å². The van der Waals surface area contributed by atoms with Crippen LogP contribution in [0, 0.1) is 18.8 Å². The maximum atomic E-state index is 12.9. The molecule has 1 aromatic heterocycles. The number of hydrogen-bond donors (Lipinski definition) is 3. The summed E-state index contributed by atoms with van der Waals surface area (Å²) in [5.41, 5.74) is 5.15. The molecule has 0 saturated carbocycles. The Morgan fingerprint density at radius 1 is 1.14 bits per heavy atom. The molecule has 1 fully saturated rings. The van der Waals surface area contributed by atoms with Crippen molar-refractivity contribution in [2.75, 3.05) is 19.6 Å². The van der Waals surface area contributed by atoms with E-state index in [1.54, 1.807) is 29.7 Å². The van der Waals surface area contributed by atoms with E-state index in [2.05, 4.69) is 29.0 Å². The van der Waals surface area contributed by atoms with Gasteiger partial charge in [0.05, 0.1) is 17.5 Å². The minimum Gasteiger partial charge on any atom is -0.489 e. The number of para-hydroxylation sites is 1. The predicted octanol–water partition coefficient (Wildman–Crippen LogP) is 3.70. The average Bonchev–Trinajstić information content (AvgIpc) is 3.28. The number of hydroxylamine groups is 1. The Morgan fingerprint density at radius 3 is 2.61 bits per heavy atom. The van der Waals surface area contributed by atoms with Gasteiger partial charge in [0.15, 0.2) is 0 Å². The smallest absolute Gasteiger partial charge is 0.251 e. The van der Waals surface area contributed by atoms with Crippen molar-refractivity contribution in [3.05, 3.63) is 71.4 Å². The van der Waals surface area contributed by atoms with Gasteiger partial charge in [0.1, 0.15) is 12.4 Å². The van der Waals surface area contributed by atoms with Gasteiger partial charge in [-0.2, -0.15) is 0 Å². The molecule has 0 unspecified atom stereocenters. The van der Waals surface area contributed by atoms with Crippen LogP contribution in [0.1, 0.15) is 41.9 Å². The first-order chi connectivity index (χ1) is 17.3. The molecule has 3 N–H and O–H groups in total. The first-order valence-corrected chi connectivity index (χ1v) is 12.4. The van der Waals surface area contributed by atoms with E-state index in [4.69, 9.17) is 9.94 Å². The van der Waals surface area contributed by atoms with Crippen molar-refractivity contribution < 1.29 is 19.5 Å². The van der Waals surface area contributed by atoms with Gasteiger partial charge in [-0.1, -0.05) is 32.0 Å². The summed E-state index contributed by atoms with van der Waals surface area (Å²) >= 11 is 0. The number of hydrogen-bond acceptors (Lipinski definition) is 6. The molecule has 4 rings (SSSR count). The summed E-state index contributed by atoms with van der Waals surface area (Å²) in [6, 6.07) is 16.6. The van der Waals surface area contributed by atoms with Crippen LogP contribution in [0.2, 0.25) is 0 Å². The third kappa shape index (κ3) is 6.19. The molecule has 0 aliphatic carbocycles. The average molecular weight is 491 g/mol. The summed E-state index contributed by atoms with van der Waals surface area (Å²) in [5.74, 6) is -0.0415. The number of fused-ring (bicyclic) bond motifs is 1. The summed E-state index contributed by atoms with van der Waals surface area (Å²) in [6.45, 7) is 8.57. The molecule has 36 heavy (non-hydrogen) atoms. The summed E-state index contributed by atoms with van der Waals surface area (Å²) < 4.78 is 6.00. The van der Waals surface area contributed by atoms with Gasteiger partial charge in [0, 0.05) is 35.3 Å². The molecule has 0 bridgehead atoms. The maximum Gasteiger partial charge on any atom is 0.251 e. The van der Waals surface area contributed by atoms with Gasteiger partial charge >= 0.3 is 0 Å². The zero-order valence-electron chi connectivity index (χ0n) is 21.0. The SMILES string of the molecule is Cc1cc(COc2ccc(C(=O)N[C@@H]3CN(CCC(C)C)C[C@@H]3C(=O)NO)cc2)c2ccccc2n1. The van der Waals surface area contributed by atoms with Crippen molar-refractivity contribution in [1.82, 2.24) is 20.7 Å². The predicted molar refractivity (Wildman–Crippen MR) is 138 cm³/mol. The van der Waals surface area contributed by atoms with Crippen molar-refractivity contribution in [2.24, 2.45) is 11.8 Å². The van der Waals surface area contributed by atoms with Gasteiger partial charge in [-0.3, -0.25) is 19.8 Å². The Labute approximate surface area is 211 Å². The van der Waals surface area contributed by atoms with Crippen molar-refractivity contribution in [2.45, 2.75) is 39.8 Å². The summed E-state index contributed by atoms with van der Waals surface area (Å²) in [4.78, 5) is 31.9. The van der Waals surface area contributed by atoms with Crippen LogP contribution in [0.3, 0.4) is 0 Å². The molecule has 1 aliphatic heterocycles. The number of likely N-dealkylation sites (tertiary alicyclic amines) is 1. The lowest BCUT2D eigenvalue weighted by Gasteiger charge is -2.18. The second kappa shape index (κ2) is 11.5. The summed E-state index contributed by atoms with van der Waals surface area (Å²) in [6.07, 6.45) is 1.00. The van der Waals surface area contributed by atoms with Gasteiger partial charge in [0.2, 0.25) is 5.91 Å². The molecule has 8 nitrogen and oxygen atoms in total. The van der Waals surface area contributed by atoms with Crippen LogP contribution in [0.25, 0.3) is 10.9 Å². The third-order valence-corrected chi connectivity index (χ3v) is 6.62. The fourth-order valence-corrected chi connectivity index (χ4v) is 4.63. The number of amides is 2. The molecule has 190 valence electrons. The van der Waals surface area contributed by atoms with Crippen LogP contribution < -0.4 is 15.5 Å².